The molecule has 100 valence electrons. The highest BCUT2D eigenvalue weighted by Crippen LogP contribution is 2.30. The summed E-state index contributed by atoms with van der Waals surface area (Å²) < 4.78 is 0. The zero-order valence-corrected chi connectivity index (χ0v) is 12.1. The van der Waals surface area contributed by atoms with Crippen molar-refractivity contribution in [1.29, 1.82) is 0 Å². The van der Waals surface area contributed by atoms with Gasteiger partial charge in [0.05, 0.1) is 0 Å². The fourth-order valence-corrected chi connectivity index (χ4v) is 3.89. The van der Waals surface area contributed by atoms with Gasteiger partial charge in [-0.1, -0.05) is 37.1 Å². The normalized spacial score (nSPS) is 23.4. The van der Waals surface area contributed by atoms with Crippen LogP contribution in [0, 0.1) is 0 Å². The average molecular weight is 272 g/mol. The first-order valence-corrected chi connectivity index (χ1v) is 8.30. The highest BCUT2D eigenvalue weighted by molar-refractivity contribution is 7.99. The Bertz CT molecular complexity index is 550. The second-order valence-electron chi connectivity index (χ2n) is 5.19. The highest BCUT2D eigenvalue weighted by atomic mass is 32.2. The van der Waals surface area contributed by atoms with Crippen LogP contribution in [0.25, 0.3) is 10.8 Å². The SMILES string of the molecule is CSC1CCCCC1Nc1nccc2ccccc12. The molecule has 3 rings (SSSR count). The van der Waals surface area contributed by atoms with Gasteiger partial charge in [-0.05, 0) is 30.6 Å². The van der Waals surface area contributed by atoms with Crippen molar-refractivity contribution >= 4 is 28.4 Å². The van der Waals surface area contributed by atoms with E-state index >= 15 is 0 Å². The quantitative estimate of drug-likeness (QED) is 0.900. The van der Waals surface area contributed by atoms with E-state index < -0.39 is 0 Å². The van der Waals surface area contributed by atoms with Crippen LogP contribution in [-0.4, -0.2) is 22.5 Å². The summed E-state index contributed by atoms with van der Waals surface area (Å²) in [5.41, 5.74) is 0. The molecular formula is C16H20N2S. The van der Waals surface area contributed by atoms with Gasteiger partial charge in [0.15, 0.2) is 0 Å². The van der Waals surface area contributed by atoms with Crippen LogP contribution in [0.15, 0.2) is 36.5 Å². The highest BCUT2D eigenvalue weighted by Gasteiger charge is 2.24. The van der Waals surface area contributed by atoms with Gasteiger partial charge in [0.2, 0.25) is 0 Å². The molecule has 1 aromatic carbocycles. The van der Waals surface area contributed by atoms with E-state index in [1.165, 1.54) is 36.5 Å². The Morgan fingerprint density at radius 1 is 1.16 bits per heavy atom. The van der Waals surface area contributed by atoms with Crippen LogP contribution in [0.2, 0.25) is 0 Å². The Morgan fingerprint density at radius 2 is 2.00 bits per heavy atom. The summed E-state index contributed by atoms with van der Waals surface area (Å²) in [6.07, 6.45) is 9.41. The van der Waals surface area contributed by atoms with Crippen molar-refractivity contribution in [2.24, 2.45) is 0 Å². The molecule has 0 saturated heterocycles. The molecule has 2 aromatic rings. The van der Waals surface area contributed by atoms with Gasteiger partial charge in [0.1, 0.15) is 5.82 Å². The van der Waals surface area contributed by atoms with Gasteiger partial charge in [0, 0.05) is 22.9 Å². The number of thioether (sulfide) groups is 1. The van der Waals surface area contributed by atoms with E-state index in [9.17, 15) is 0 Å². The van der Waals surface area contributed by atoms with Crippen LogP contribution in [0.5, 0.6) is 0 Å². The number of hydrogen-bond acceptors (Lipinski definition) is 3. The standard InChI is InChI=1S/C16H20N2S/c1-19-15-9-5-4-8-14(15)18-16-13-7-3-2-6-12(13)10-11-17-16/h2-3,6-7,10-11,14-15H,4-5,8-9H2,1H3,(H,17,18). The molecule has 2 nitrogen and oxygen atoms in total. The van der Waals surface area contributed by atoms with Crippen molar-refractivity contribution in [2.45, 2.75) is 37.0 Å². The molecule has 0 spiro atoms. The molecule has 0 aliphatic heterocycles. The Kier molecular flexibility index (Phi) is 3.92. The summed E-state index contributed by atoms with van der Waals surface area (Å²) in [5, 5.41) is 6.90. The Hall–Kier alpha value is -1.22. The minimum atomic E-state index is 0.557. The van der Waals surface area contributed by atoms with Crippen molar-refractivity contribution in [2.75, 3.05) is 11.6 Å². The van der Waals surface area contributed by atoms with E-state index in [0.717, 1.165) is 11.1 Å². The van der Waals surface area contributed by atoms with E-state index in [4.69, 9.17) is 0 Å². The van der Waals surface area contributed by atoms with Crippen molar-refractivity contribution in [3.05, 3.63) is 36.5 Å². The Balaban J connectivity index is 1.88. The number of aromatic nitrogens is 1. The second kappa shape index (κ2) is 5.83. The fraction of sp³-hybridized carbons (Fsp3) is 0.438. The monoisotopic (exact) mass is 272 g/mol. The molecule has 0 bridgehead atoms. The lowest BCUT2D eigenvalue weighted by Gasteiger charge is -2.31. The third kappa shape index (κ3) is 2.71. The number of pyridine rings is 1. The van der Waals surface area contributed by atoms with Crippen LogP contribution in [0.1, 0.15) is 25.7 Å². The molecule has 3 heteroatoms. The van der Waals surface area contributed by atoms with Gasteiger partial charge in [-0.25, -0.2) is 4.98 Å². The predicted molar refractivity (Wildman–Crippen MR) is 84.9 cm³/mol. The lowest BCUT2D eigenvalue weighted by atomic mass is 9.94. The summed E-state index contributed by atoms with van der Waals surface area (Å²) in [6.45, 7) is 0. The number of anilines is 1. The van der Waals surface area contributed by atoms with Gasteiger partial charge in [-0.3, -0.25) is 0 Å². The molecule has 19 heavy (non-hydrogen) atoms. The molecule has 1 aliphatic carbocycles. The third-order valence-corrected chi connectivity index (χ3v) is 5.17. The first-order chi connectivity index (χ1) is 9.38. The maximum Gasteiger partial charge on any atom is 0.134 e. The average Bonchev–Trinajstić information content (AvgIpc) is 2.48. The largest absolute Gasteiger partial charge is 0.366 e. The zero-order chi connectivity index (χ0) is 13.1. The topological polar surface area (TPSA) is 24.9 Å². The number of hydrogen-bond donors (Lipinski definition) is 1. The van der Waals surface area contributed by atoms with E-state index in [1.807, 2.05) is 18.0 Å². The first kappa shape index (κ1) is 12.8. The fourth-order valence-electron chi connectivity index (χ4n) is 2.95. The van der Waals surface area contributed by atoms with Gasteiger partial charge in [0.25, 0.3) is 0 Å². The van der Waals surface area contributed by atoms with Gasteiger partial charge in [-0.2, -0.15) is 11.8 Å². The molecule has 0 radical (unpaired) electrons. The molecule has 1 N–H and O–H groups in total. The van der Waals surface area contributed by atoms with E-state index in [2.05, 4.69) is 46.9 Å². The van der Waals surface area contributed by atoms with Crippen LogP contribution in [0.4, 0.5) is 5.82 Å². The molecule has 1 heterocycles. The summed E-state index contributed by atoms with van der Waals surface area (Å²) in [6, 6.07) is 11.1. The Labute approximate surface area is 119 Å². The minimum Gasteiger partial charge on any atom is -0.366 e. The number of benzene rings is 1. The lowest BCUT2D eigenvalue weighted by Crippen LogP contribution is -2.34. The van der Waals surface area contributed by atoms with Crippen LogP contribution < -0.4 is 5.32 Å². The molecule has 2 atom stereocenters. The minimum absolute atomic E-state index is 0.557. The Morgan fingerprint density at radius 3 is 2.89 bits per heavy atom. The lowest BCUT2D eigenvalue weighted by molar-refractivity contribution is 0.474. The summed E-state index contributed by atoms with van der Waals surface area (Å²) >= 11 is 1.99. The van der Waals surface area contributed by atoms with Crippen molar-refractivity contribution < 1.29 is 0 Å². The van der Waals surface area contributed by atoms with Crippen molar-refractivity contribution in [3.63, 3.8) is 0 Å². The third-order valence-electron chi connectivity index (χ3n) is 4.00. The van der Waals surface area contributed by atoms with Crippen molar-refractivity contribution in [3.8, 4) is 0 Å². The van der Waals surface area contributed by atoms with Gasteiger partial charge >= 0.3 is 0 Å². The van der Waals surface area contributed by atoms with Crippen LogP contribution >= 0.6 is 11.8 Å². The summed E-state index contributed by atoms with van der Waals surface area (Å²) in [7, 11) is 0. The molecule has 1 fully saturated rings. The summed E-state index contributed by atoms with van der Waals surface area (Å²) in [4.78, 5) is 4.55. The van der Waals surface area contributed by atoms with Crippen LogP contribution in [-0.2, 0) is 0 Å². The van der Waals surface area contributed by atoms with Crippen molar-refractivity contribution in [1.82, 2.24) is 4.98 Å². The molecular weight excluding hydrogens is 252 g/mol. The molecule has 2 unspecified atom stereocenters. The molecule has 1 aromatic heterocycles. The number of rotatable bonds is 3. The zero-order valence-electron chi connectivity index (χ0n) is 11.3. The number of nitrogens with zero attached hydrogens (tertiary/aromatic N) is 1. The second-order valence-corrected chi connectivity index (χ2v) is 6.27. The van der Waals surface area contributed by atoms with E-state index in [1.54, 1.807) is 0 Å². The molecule has 0 amide bonds. The number of fused-ring (bicyclic) bond motifs is 1. The van der Waals surface area contributed by atoms with Gasteiger partial charge in [-0.15, -0.1) is 0 Å². The smallest absolute Gasteiger partial charge is 0.134 e. The van der Waals surface area contributed by atoms with Crippen LogP contribution in [0.3, 0.4) is 0 Å². The molecule has 1 saturated carbocycles. The maximum atomic E-state index is 4.55. The van der Waals surface area contributed by atoms with Gasteiger partial charge < -0.3 is 5.32 Å². The first-order valence-electron chi connectivity index (χ1n) is 7.01. The summed E-state index contributed by atoms with van der Waals surface area (Å²) in [5.74, 6) is 1.05. The number of nitrogens with one attached hydrogen (secondary N) is 1. The van der Waals surface area contributed by atoms with E-state index in [-0.39, 0.29) is 0 Å². The predicted octanol–water partition coefficient (Wildman–Crippen LogP) is 4.32. The van der Waals surface area contributed by atoms with E-state index in [0.29, 0.717) is 6.04 Å². The molecule has 1 aliphatic rings. The maximum absolute atomic E-state index is 4.55.